The Labute approximate surface area is 107 Å². The fourth-order valence-corrected chi connectivity index (χ4v) is 2.72. The lowest BCUT2D eigenvalue weighted by atomic mass is 10.3. The van der Waals surface area contributed by atoms with Gasteiger partial charge in [0.15, 0.2) is 9.84 Å². The Hall–Kier alpha value is -1.36. The average Bonchev–Trinajstić information content (AvgIpc) is 3.07. The normalized spacial score (nSPS) is 22.6. The maximum atomic E-state index is 11.7. The smallest absolute Gasteiger partial charge is 0.227 e. The molecule has 0 heterocycles. The lowest BCUT2D eigenvalue weighted by molar-refractivity contribution is -0.117. The molecule has 18 heavy (non-hydrogen) atoms. The average molecular weight is 267 g/mol. The van der Waals surface area contributed by atoms with E-state index in [2.05, 4.69) is 5.32 Å². The molecule has 1 fully saturated rings. The van der Waals surface area contributed by atoms with E-state index in [0.29, 0.717) is 16.5 Å². The van der Waals surface area contributed by atoms with Crippen molar-refractivity contribution in [3.63, 3.8) is 0 Å². The van der Waals surface area contributed by atoms with Gasteiger partial charge in [-0.1, -0.05) is 13.8 Å². The first-order valence-corrected chi connectivity index (χ1v) is 7.73. The Balaban J connectivity index is 2.06. The molecule has 1 aliphatic rings. The van der Waals surface area contributed by atoms with Crippen LogP contribution in [0.15, 0.2) is 29.2 Å². The van der Waals surface area contributed by atoms with Crippen molar-refractivity contribution in [1.29, 1.82) is 0 Å². The summed E-state index contributed by atoms with van der Waals surface area (Å²) in [7, 11) is -3.17. The summed E-state index contributed by atoms with van der Waals surface area (Å²) in [5, 5.41) is 2.80. The standard InChI is InChI=1S/C13H17NO3S/c1-3-18(16,17)11-6-4-10(5-7-11)14-13(15)12-8-9(12)2/h4-7,9,12H,3,8H2,1-2H3,(H,14,15). The summed E-state index contributed by atoms with van der Waals surface area (Å²) in [6.07, 6.45) is 0.939. The Morgan fingerprint density at radius 2 is 1.89 bits per heavy atom. The van der Waals surface area contributed by atoms with Gasteiger partial charge in [0.2, 0.25) is 5.91 Å². The van der Waals surface area contributed by atoms with E-state index in [4.69, 9.17) is 0 Å². The molecule has 5 heteroatoms. The summed E-state index contributed by atoms with van der Waals surface area (Å²) in [6.45, 7) is 3.65. The summed E-state index contributed by atoms with van der Waals surface area (Å²) in [4.78, 5) is 12.0. The Morgan fingerprint density at radius 3 is 2.33 bits per heavy atom. The highest BCUT2D eigenvalue weighted by Gasteiger charge is 2.39. The van der Waals surface area contributed by atoms with Gasteiger partial charge in [-0.3, -0.25) is 4.79 Å². The second-order valence-corrected chi connectivity index (χ2v) is 7.01. The fraction of sp³-hybridized carbons (Fsp3) is 0.462. The highest BCUT2D eigenvalue weighted by molar-refractivity contribution is 7.91. The van der Waals surface area contributed by atoms with E-state index in [1.54, 1.807) is 19.1 Å². The van der Waals surface area contributed by atoms with Crippen LogP contribution in [0.25, 0.3) is 0 Å². The van der Waals surface area contributed by atoms with Crippen LogP contribution in [0.5, 0.6) is 0 Å². The SMILES string of the molecule is CCS(=O)(=O)c1ccc(NC(=O)C2CC2C)cc1. The Morgan fingerprint density at radius 1 is 1.33 bits per heavy atom. The molecule has 2 unspecified atom stereocenters. The van der Waals surface area contributed by atoms with Gasteiger partial charge in [0.05, 0.1) is 10.6 Å². The molecule has 1 aromatic rings. The predicted molar refractivity (Wildman–Crippen MR) is 70.1 cm³/mol. The van der Waals surface area contributed by atoms with E-state index in [1.807, 2.05) is 6.92 Å². The molecule has 1 amide bonds. The van der Waals surface area contributed by atoms with Crippen molar-refractivity contribution in [3.05, 3.63) is 24.3 Å². The Bertz CT molecular complexity index is 548. The zero-order valence-electron chi connectivity index (χ0n) is 10.5. The lowest BCUT2D eigenvalue weighted by Gasteiger charge is -2.06. The number of rotatable bonds is 4. The molecule has 1 saturated carbocycles. The molecule has 0 aromatic heterocycles. The summed E-state index contributed by atoms with van der Waals surface area (Å²) in [6, 6.07) is 6.33. The van der Waals surface area contributed by atoms with Gasteiger partial charge in [-0.25, -0.2) is 8.42 Å². The van der Waals surface area contributed by atoms with Crippen molar-refractivity contribution in [2.75, 3.05) is 11.1 Å². The van der Waals surface area contributed by atoms with Gasteiger partial charge in [0.1, 0.15) is 0 Å². The van der Waals surface area contributed by atoms with Crippen molar-refractivity contribution in [1.82, 2.24) is 0 Å². The molecule has 0 saturated heterocycles. The lowest BCUT2D eigenvalue weighted by Crippen LogP contribution is -2.14. The van der Waals surface area contributed by atoms with Crippen molar-refractivity contribution in [2.24, 2.45) is 11.8 Å². The van der Waals surface area contributed by atoms with E-state index >= 15 is 0 Å². The second kappa shape index (κ2) is 4.72. The Kier molecular flexibility index (Phi) is 3.43. The van der Waals surface area contributed by atoms with Gasteiger partial charge < -0.3 is 5.32 Å². The molecule has 0 spiro atoms. The summed E-state index contributed by atoms with van der Waals surface area (Å²) in [5.74, 6) is 0.681. The molecule has 2 rings (SSSR count). The van der Waals surface area contributed by atoms with Gasteiger partial charge in [-0.05, 0) is 36.6 Å². The second-order valence-electron chi connectivity index (χ2n) is 4.74. The van der Waals surface area contributed by atoms with E-state index < -0.39 is 9.84 Å². The molecule has 0 bridgehead atoms. The monoisotopic (exact) mass is 267 g/mol. The first-order valence-electron chi connectivity index (χ1n) is 6.07. The van der Waals surface area contributed by atoms with Crippen LogP contribution in [0.4, 0.5) is 5.69 Å². The first-order chi connectivity index (χ1) is 8.44. The molecule has 1 aromatic carbocycles. The molecule has 0 radical (unpaired) electrons. The highest BCUT2D eigenvalue weighted by atomic mass is 32.2. The molecular formula is C13H17NO3S. The summed E-state index contributed by atoms with van der Waals surface area (Å²) >= 11 is 0. The molecule has 0 aliphatic heterocycles. The van der Waals surface area contributed by atoms with Crippen molar-refractivity contribution in [3.8, 4) is 0 Å². The van der Waals surface area contributed by atoms with Crippen LogP contribution in [-0.4, -0.2) is 20.1 Å². The number of anilines is 1. The third-order valence-electron chi connectivity index (χ3n) is 3.31. The van der Waals surface area contributed by atoms with Crippen LogP contribution >= 0.6 is 0 Å². The van der Waals surface area contributed by atoms with Crippen LogP contribution in [0.1, 0.15) is 20.3 Å². The number of amides is 1. The van der Waals surface area contributed by atoms with Crippen LogP contribution in [0.3, 0.4) is 0 Å². The minimum atomic E-state index is -3.17. The van der Waals surface area contributed by atoms with E-state index in [1.165, 1.54) is 12.1 Å². The quantitative estimate of drug-likeness (QED) is 0.908. The van der Waals surface area contributed by atoms with Crippen molar-refractivity contribution < 1.29 is 13.2 Å². The number of hydrogen-bond donors (Lipinski definition) is 1. The first kappa shape index (κ1) is 13.1. The number of sulfone groups is 1. The summed E-state index contributed by atoms with van der Waals surface area (Å²) < 4.78 is 23.2. The molecule has 1 N–H and O–H groups in total. The van der Waals surface area contributed by atoms with Gasteiger partial charge in [-0.15, -0.1) is 0 Å². The zero-order valence-corrected chi connectivity index (χ0v) is 11.3. The topological polar surface area (TPSA) is 63.2 Å². The molecule has 98 valence electrons. The van der Waals surface area contributed by atoms with E-state index in [-0.39, 0.29) is 17.6 Å². The van der Waals surface area contributed by atoms with Gasteiger partial charge >= 0.3 is 0 Å². The largest absolute Gasteiger partial charge is 0.326 e. The zero-order chi connectivity index (χ0) is 13.3. The fourth-order valence-electron chi connectivity index (χ4n) is 1.83. The van der Waals surface area contributed by atoms with Crippen LogP contribution in [0, 0.1) is 11.8 Å². The number of carbonyl (C=O) groups is 1. The third-order valence-corrected chi connectivity index (χ3v) is 5.06. The van der Waals surface area contributed by atoms with Crippen LogP contribution in [-0.2, 0) is 14.6 Å². The van der Waals surface area contributed by atoms with Crippen LogP contribution in [0.2, 0.25) is 0 Å². The van der Waals surface area contributed by atoms with E-state index in [9.17, 15) is 13.2 Å². The van der Waals surface area contributed by atoms with Gasteiger partial charge in [0, 0.05) is 11.6 Å². The summed E-state index contributed by atoms with van der Waals surface area (Å²) in [5.41, 5.74) is 0.647. The maximum absolute atomic E-state index is 11.7. The number of hydrogen-bond acceptors (Lipinski definition) is 3. The highest BCUT2D eigenvalue weighted by Crippen LogP contribution is 2.38. The molecule has 2 atom stereocenters. The van der Waals surface area contributed by atoms with Gasteiger partial charge in [-0.2, -0.15) is 0 Å². The third kappa shape index (κ3) is 2.72. The number of carbonyl (C=O) groups excluding carboxylic acids is 1. The van der Waals surface area contributed by atoms with Gasteiger partial charge in [0.25, 0.3) is 0 Å². The molecular weight excluding hydrogens is 250 g/mol. The van der Waals surface area contributed by atoms with Crippen molar-refractivity contribution >= 4 is 21.4 Å². The van der Waals surface area contributed by atoms with Crippen molar-refractivity contribution in [2.45, 2.75) is 25.2 Å². The molecule has 4 nitrogen and oxygen atoms in total. The van der Waals surface area contributed by atoms with Crippen LogP contribution < -0.4 is 5.32 Å². The molecule has 1 aliphatic carbocycles. The number of nitrogens with one attached hydrogen (secondary N) is 1. The minimum absolute atomic E-state index is 0.0219. The minimum Gasteiger partial charge on any atom is -0.326 e. The maximum Gasteiger partial charge on any atom is 0.227 e. The van der Waals surface area contributed by atoms with E-state index in [0.717, 1.165) is 6.42 Å². The predicted octanol–water partition coefficient (Wildman–Crippen LogP) is 2.07. The number of benzene rings is 1.